The summed E-state index contributed by atoms with van der Waals surface area (Å²) in [5, 5.41) is 5.51. The molecule has 0 aromatic carbocycles. The summed E-state index contributed by atoms with van der Waals surface area (Å²) in [5.41, 5.74) is 1.13. The lowest BCUT2D eigenvalue weighted by Crippen LogP contribution is -2.27. The molecule has 1 aromatic rings. The molecule has 0 aliphatic carbocycles. The summed E-state index contributed by atoms with van der Waals surface area (Å²) >= 11 is 3.57. The second kappa shape index (κ2) is 7.22. The van der Waals surface area contributed by atoms with Gasteiger partial charge in [-0.15, -0.1) is 11.3 Å². The van der Waals surface area contributed by atoms with Gasteiger partial charge in [0.05, 0.1) is 0 Å². The van der Waals surface area contributed by atoms with Gasteiger partial charge in [-0.1, -0.05) is 11.8 Å². The number of likely N-dealkylation sites (N-methyl/N-ethyl adjacent to an activating group) is 1. The maximum atomic E-state index is 4.40. The molecule has 0 aliphatic rings. The molecule has 0 spiro atoms. The zero-order chi connectivity index (χ0) is 11.1. The number of thioether (sulfide) groups is 1. The summed E-state index contributed by atoms with van der Waals surface area (Å²) in [6.45, 7) is 5.25. The Morgan fingerprint density at radius 1 is 1.47 bits per heavy atom. The molecule has 0 radical (unpaired) electrons. The maximum absolute atomic E-state index is 4.40. The van der Waals surface area contributed by atoms with Crippen LogP contribution in [0.1, 0.15) is 5.69 Å². The van der Waals surface area contributed by atoms with Gasteiger partial charge in [0.15, 0.2) is 0 Å². The van der Waals surface area contributed by atoms with Crippen LogP contribution in [0.15, 0.2) is 9.72 Å². The minimum Gasteiger partial charge on any atom is -0.315 e. The predicted octanol–water partition coefficient (Wildman–Crippen LogP) is 1.69. The standard InChI is InChI=1S/C10H19N3S2/c1-9-8-15-10(12-9)14-7-5-11-4-6-13(2)3/h8,11H,4-7H2,1-3H3. The van der Waals surface area contributed by atoms with Crippen molar-refractivity contribution >= 4 is 23.1 Å². The van der Waals surface area contributed by atoms with Gasteiger partial charge in [0, 0.05) is 36.5 Å². The Labute approximate surface area is 100 Å². The van der Waals surface area contributed by atoms with Crippen molar-refractivity contribution in [2.45, 2.75) is 11.3 Å². The van der Waals surface area contributed by atoms with Crippen molar-refractivity contribution in [3.05, 3.63) is 11.1 Å². The van der Waals surface area contributed by atoms with Crippen LogP contribution in [0, 0.1) is 6.92 Å². The van der Waals surface area contributed by atoms with Crippen molar-refractivity contribution in [2.24, 2.45) is 0 Å². The van der Waals surface area contributed by atoms with Gasteiger partial charge in [-0.2, -0.15) is 0 Å². The largest absolute Gasteiger partial charge is 0.315 e. The van der Waals surface area contributed by atoms with Crippen molar-refractivity contribution < 1.29 is 0 Å². The van der Waals surface area contributed by atoms with Crippen molar-refractivity contribution in [3.8, 4) is 0 Å². The van der Waals surface area contributed by atoms with Crippen LogP contribution in [0.25, 0.3) is 0 Å². The molecule has 0 saturated heterocycles. The van der Waals surface area contributed by atoms with Gasteiger partial charge >= 0.3 is 0 Å². The van der Waals surface area contributed by atoms with Gasteiger partial charge in [0.1, 0.15) is 4.34 Å². The van der Waals surface area contributed by atoms with E-state index in [2.05, 4.69) is 34.7 Å². The van der Waals surface area contributed by atoms with Crippen LogP contribution in [-0.4, -0.2) is 49.4 Å². The molecule has 15 heavy (non-hydrogen) atoms. The number of nitrogens with one attached hydrogen (secondary N) is 1. The Balaban J connectivity index is 1.98. The minimum absolute atomic E-state index is 1.05. The van der Waals surface area contributed by atoms with Crippen LogP contribution in [0.4, 0.5) is 0 Å². The van der Waals surface area contributed by atoms with E-state index in [1.165, 1.54) is 4.34 Å². The second-order valence-corrected chi connectivity index (χ2v) is 5.86. The zero-order valence-corrected chi connectivity index (χ0v) is 11.2. The summed E-state index contributed by atoms with van der Waals surface area (Å²) < 4.78 is 1.18. The SMILES string of the molecule is Cc1csc(SCCNCCN(C)C)n1. The number of hydrogen-bond donors (Lipinski definition) is 1. The number of aromatic nitrogens is 1. The Hall–Kier alpha value is -0.100. The van der Waals surface area contributed by atoms with E-state index in [0.717, 1.165) is 31.1 Å². The molecule has 0 bridgehead atoms. The van der Waals surface area contributed by atoms with Crippen LogP contribution in [0.5, 0.6) is 0 Å². The van der Waals surface area contributed by atoms with E-state index in [9.17, 15) is 0 Å². The van der Waals surface area contributed by atoms with E-state index in [0.29, 0.717) is 0 Å². The highest BCUT2D eigenvalue weighted by Crippen LogP contribution is 2.21. The molecular formula is C10H19N3S2. The van der Waals surface area contributed by atoms with Gasteiger partial charge in [-0.05, 0) is 21.0 Å². The van der Waals surface area contributed by atoms with Crippen LogP contribution in [0.2, 0.25) is 0 Å². The normalized spacial score (nSPS) is 11.2. The van der Waals surface area contributed by atoms with Gasteiger partial charge < -0.3 is 10.2 Å². The van der Waals surface area contributed by atoms with E-state index < -0.39 is 0 Å². The first-order valence-corrected chi connectivity index (χ1v) is 6.95. The molecule has 1 N–H and O–H groups in total. The van der Waals surface area contributed by atoms with Gasteiger partial charge in [0.2, 0.25) is 0 Å². The summed E-state index contributed by atoms with van der Waals surface area (Å²) in [5.74, 6) is 1.10. The summed E-state index contributed by atoms with van der Waals surface area (Å²) in [6.07, 6.45) is 0. The summed E-state index contributed by atoms with van der Waals surface area (Å²) in [4.78, 5) is 6.59. The Morgan fingerprint density at radius 3 is 2.87 bits per heavy atom. The molecule has 5 heteroatoms. The molecule has 0 fully saturated rings. The quantitative estimate of drug-likeness (QED) is 0.584. The molecule has 0 unspecified atom stereocenters. The van der Waals surface area contributed by atoms with E-state index in [-0.39, 0.29) is 0 Å². The highest BCUT2D eigenvalue weighted by molar-refractivity contribution is 8.01. The van der Waals surface area contributed by atoms with Crippen LogP contribution >= 0.6 is 23.1 Å². The summed E-state index contributed by atoms with van der Waals surface area (Å²) in [7, 11) is 4.18. The van der Waals surface area contributed by atoms with Gasteiger partial charge in [-0.25, -0.2) is 4.98 Å². The van der Waals surface area contributed by atoms with E-state index in [1.54, 1.807) is 11.3 Å². The Kier molecular flexibility index (Phi) is 6.24. The van der Waals surface area contributed by atoms with Crippen molar-refractivity contribution in [1.82, 2.24) is 15.2 Å². The first kappa shape index (κ1) is 13.0. The van der Waals surface area contributed by atoms with E-state index >= 15 is 0 Å². The van der Waals surface area contributed by atoms with E-state index in [1.807, 2.05) is 18.7 Å². The first-order chi connectivity index (χ1) is 7.18. The Bertz CT molecular complexity index is 273. The summed E-state index contributed by atoms with van der Waals surface area (Å²) in [6, 6.07) is 0. The number of aryl methyl sites for hydroxylation is 1. The molecule has 0 amide bonds. The number of thiazole rings is 1. The van der Waals surface area contributed by atoms with Crippen molar-refractivity contribution in [2.75, 3.05) is 39.5 Å². The third kappa shape index (κ3) is 6.14. The molecule has 1 rings (SSSR count). The minimum atomic E-state index is 1.05. The molecule has 0 saturated carbocycles. The molecule has 1 heterocycles. The monoisotopic (exact) mass is 245 g/mol. The molecule has 0 atom stereocenters. The maximum Gasteiger partial charge on any atom is 0.150 e. The van der Waals surface area contributed by atoms with Gasteiger partial charge in [-0.3, -0.25) is 0 Å². The highest BCUT2D eigenvalue weighted by atomic mass is 32.2. The number of hydrogen-bond acceptors (Lipinski definition) is 5. The second-order valence-electron chi connectivity index (χ2n) is 3.66. The number of rotatable bonds is 7. The molecular weight excluding hydrogens is 226 g/mol. The molecule has 86 valence electrons. The zero-order valence-electron chi connectivity index (χ0n) is 9.62. The third-order valence-electron chi connectivity index (χ3n) is 1.84. The molecule has 0 aliphatic heterocycles. The fourth-order valence-electron chi connectivity index (χ4n) is 1.04. The van der Waals surface area contributed by atoms with Crippen LogP contribution in [-0.2, 0) is 0 Å². The van der Waals surface area contributed by atoms with Crippen LogP contribution < -0.4 is 5.32 Å². The fraction of sp³-hybridized carbons (Fsp3) is 0.700. The average Bonchev–Trinajstić information content (AvgIpc) is 2.57. The first-order valence-electron chi connectivity index (χ1n) is 5.09. The van der Waals surface area contributed by atoms with Crippen molar-refractivity contribution in [1.29, 1.82) is 0 Å². The lowest BCUT2D eigenvalue weighted by molar-refractivity contribution is 0.403. The average molecular weight is 245 g/mol. The van der Waals surface area contributed by atoms with Crippen LogP contribution in [0.3, 0.4) is 0 Å². The van der Waals surface area contributed by atoms with E-state index in [4.69, 9.17) is 0 Å². The lowest BCUT2D eigenvalue weighted by atomic mass is 10.5. The molecule has 1 aromatic heterocycles. The topological polar surface area (TPSA) is 28.2 Å². The lowest BCUT2D eigenvalue weighted by Gasteiger charge is -2.09. The third-order valence-corrected chi connectivity index (χ3v) is 3.98. The smallest absolute Gasteiger partial charge is 0.150 e. The highest BCUT2D eigenvalue weighted by Gasteiger charge is 1.98. The fourth-order valence-corrected chi connectivity index (χ4v) is 2.85. The Morgan fingerprint density at radius 2 is 2.27 bits per heavy atom. The molecule has 3 nitrogen and oxygen atoms in total. The van der Waals surface area contributed by atoms with Gasteiger partial charge in [0.25, 0.3) is 0 Å². The number of nitrogens with zero attached hydrogens (tertiary/aromatic N) is 2. The predicted molar refractivity (Wildman–Crippen MR) is 69.0 cm³/mol. The van der Waals surface area contributed by atoms with Crippen molar-refractivity contribution in [3.63, 3.8) is 0 Å².